The highest BCUT2D eigenvalue weighted by molar-refractivity contribution is 6.46. The van der Waals surface area contributed by atoms with Crippen molar-refractivity contribution in [2.75, 3.05) is 13.7 Å². The zero-order valence-corrected chi connectivity index (χ0v) is 19.9. The number of hydrogen-bond donors (Lipinski definition) is 1. The van der Waals surface area contributed by atoms with Gasteiger partial charge in [0.15, 0.2) is 0 Å². The minimum Gasteiger partial charge on any atom is -0.507 e. The van der Waals surface area contributed by atoms with Crippen molar-refractivity contribution in [3.8, 4) is 5.75 Å². The van der Waals surface area contributed by atoms with E-state index in [-0.39, 0.29) is 29.6 Å². The molecular weight excluding hydrogens is 447 g/mol. The van der Waals surface area contributed by atoms with E-state index in [1.807, 2.05) is 13.8 Å². The van der Waals surface area contributed by atoms with Crippen molar-refractivity contribution in [2.45, 2.75) is 32.2 Å². The number of ether oxygens (including phenoxy) is 1. The summed E-state index contributed by atoms with van der Waals surface area (Å²) < 4.78 is 18.7. The Morgan fingerprint density at radius 2 is 1.86 bits per heavy atom. The molecule has 1 aromatic heterocycles. The molecule has 0 radical (unpaired) electrons. The Labute approximate surface area is 203 Å². The summed E-state index contributed by atoms with van der Waals surface area (Å²) in [5.41, 5.74) is 2.59. The van der Waals surface area contributed by atoms with Crippen LogP contribution in [-0.2, 0) is 16.0 Å². The van der Waals surface area contributed by atoms with Gasteiger partial charge in [0.1, 0.15) is 23.4 Å². The average molecular weight is 475 g/mol. The summed E-state index contributed by atoms with van der Waals surface area (Å²) >= 11 is 0. The van der Waals surface area contributed by atoms with Crippen molar-refractivity contribution in [2.24, 2.45) is 0 Å². The molecule has 1 amide bonds. The topological polar surface area (TPSA) is 79.7 Å². The maximum Gasteiger partial charge on any atom is 0.295 e. The van der Waals surface area contributed by atoms with Gasteiger partial charge in [0.05, 0.1) is 18.4 Å². The van der Waals surface area contributed by atoms with E-state index in [0.29, 0.717) is 23.4 Å². The number of carbonyl (C=O) groups is 2. The van der Waals surface area contributed by atoms with Crippen molar-refractivity contribution < 1.29 is 23.8 Å². The Kier molecular flexibility index (Phi) is 6.96. The number of Topliss-reactive ketones (excluding diaryl/α,β-unsaturated/α-hetero) is 1. The molecule has 3 aromatic rings. The third-order valence-corrected chi connectivity index (χ3v) is 6.19. The summed E-state index contributed by atoms with van der Waals surface area (Å²) in [4.78, 5) is 32.1. The van der Waals surface area contributed by atoms with Crippen LogP contribution in [0.1, 0.15) is 48.2 Å². The number of amides is 1. The minimum absolute atomic E-state index is 0.00678. The second-order valence-corrected chi connectivity index (χ2v) is 8.73. The molecule has 2 aromatic carbocycles. The average Bonchev–Trinajstić information content (AvgIpc) is 3.13. The van der Waals surface area contributed by atoms with E-state index < -0.39 is 17.7 Å². The summed E-state index contributed by atoms with van der Waals surface area (Å²) in [6.45, 7) is 4.21. The molecule has 1 unspecified atom stereocenters. The number of halogens is 1. The van der Waals surface area contributed by atoms with Gasteiger partial charge in [0.2, 0.25) is 0 Å². The molecule has 1 saturated heterocycles. The Hall–Kier alpha value is -4.00. The van der Waals surface area contributed by atoms with Gasteiger partial charge in [-0.05, 0) is 65.9 Å². The standard InChI is InChI=1S/C28H27FN2O4/c1-17(2)21-16-19(9-12-23(21)35-3)26(32)24-25(22-6-4-5-14-30-22)31(28(34)27(24)33)15-13-18-7-10-20(29)11-8-18/h4-12,14,16-17,25,32H,13,15H2,1-3H3/b26-24-. The van der Waals surface area contributed by atoms with Crippen LogP contribution in [0.2, 0.25) is 0 Å². The van der Waals surface area contributed by atoms with Crippen LogP contribution < -0.4 is 4.74 Å². The summed E-state index contributed by atoms with van der Waals surface area (Å²) in [7, 11) is 1.58. The van der Waals surface area contributed by atoms with Crippen LogP contribution in [0.15, 0.2) is 72.4 Å². The molecule has 0 spiro atoms. The van der Waals surface area contributed by atoms with Gasteiger partial charge in [-0.2, -0.15) is 0 Å². The van der Waals surface area contributed by atoms with E-state index in [1.54, 1.807) is 61.8 Å². The first kappa shape index (κ1) is 24.1. The molecule has 4 rings (SSSR count). The van der Waals surface area contributed by atoms with Crippen LogP contribution in [0.3, 0.4) is 0 Å². The number of aromatic nitrogens is 1. The Morgan fingerprint density at radius 3 is 2.49 bits per heavy atom. The molecule has 0 saturated carbocycles. The van der Waals surface area contributed by atoms with Gasteiger partial charge in [0, 0.05) is 18.3 Å². The van der Waals surface area contributed by atoms with Gasteiger partial charge in [-0.1, -0.05) is 32.0 Å². The highest BCUT2D eigenvalue weighted by Crippen LogP contribution is 2.39. The van der Waals surface area contributed by atoms with E-state index in [4.69, 9.17) is 4.74 Å². The molecule has 0 aliphatic carbocycles. The SMILES string of the molecule is COc1ccc(/C(O)=C2/C(=O)C(=O)N(CCc3ccc(F)cc3)C2c2ccccn2)cc1C(C)C. The molecule has 1 N–H and O–H groups in total. The second kappa shape index (κ2) is 10.1. The van der Waals surface area contributed by atoms with Crippen molar-refractivity contribution in [1.82, 2.24) is 9.88 Å². The molecule has 2 heterocycles. The second-order valence-electron chi connectivity index (χ2n) is 8.73. The molecule has 1 atom stereocenters. The van der Waals surface area contributed by atoms with Gasteiger partial charge in [-0.15, -0.1) is 0 Å². The lowest BCUT2D eigenvalue weighted by Crippen LogP contribution is -2.32. The zero-order chi connectivity index (χ0) is 25.1. The Morgan fingerprint density at radius 1 is 1.11 bits per heavy atom. The number of carbonyl (C=O) groups excluding carboxylic acids is 2. The smallest absolute Gasteiger partial charge is 0.295 e. The molecular formula is C28H27FN2O4. The molecule has 35 heavy (non-hydrogen) atoms. The molecule has 1 fully saturated rings. The number of likely N-dealkylation sites (tertiary alicyclic amines) is 1. The zero-order valence-electron chi connectivity index (χ0n) is 19.9. The Balaban J connectivity index is 1.78. The number of hydrogen-bond acceptors (Lipinski definition) is 5. The van der Waals surface area contributed by atoms with E-state index in [0.717, 1.165) is 11.1 Å². The fourth-order valence-electron chi connectivity index (χ4n) is 4.34. The van der Waals surface area contributed by atoms with Crippen LogP contribution in [-0.4, -0.2) is 40.3 Å². The molecule has 6 nitrogen and oxygen atoms in total. The van der Waals surface area contributed by atoms with Crippen LogP contribution in [0.5, 0.6) is 5.75 Å². The predicted octanol–water partition coefficient (Wildman–Crippen LogP) is 5.02. The number of nitrogens with zero attached hydrogens (tertiary/aromatic N) is 2. The molecule has 7 heteroatoms. The number of ketones is 1. The van der Waals surface area contributed by atoms with Gasteiger partial charge in [0.25, 0.3) is 11.7 Å². The lowest BCUT2D eigenvalue weighted by atomic mass is 9.94. The van der Waals surface area contributed by atoms with Gasteiger partial charge in [-0.3, -0.25) is 14.6 Å². The van der Waals surface area contributed by atoms with E-state index >= 15 is 0 Å². The molecule has 0 bridgehead atoms. The van der Waals surface area contributed by atoms with Crippen molar-refractivity contribution in [3.05, 3.63) is 101 Å². The van der Waals surface area contributed by atoms with Gasteiger partial charge < -0.3 is 14.7 Å². The quantitative estimate of drug-likeness (QED) is 0.296. The summed E-state index contributed by atoms with van der Waals surface area (Å²) in [6, 6.07) is 15.6. The number of methoxy groups -OCH3 is 1. The largest absolute Gasteiger partial charge is 0.507 e. The van der Waals surface area contributed by atoms with Crippen molar-refractivity contribution in [1.29, 1.82) is 0 Å². The number of pyridine rings is 1. The maximum atomic E-state index is 13.3. The third kappa shape index (κ3) is 4.80. The Bertz CT molecular complexity index is 1270. The lowest BCUT2D eigenvalue weighted by molar-refractivity contribution is -0.139. The van der Waals surface area contributed by atoms with Crippen LogP contribution in [0.25, 0.3) is 5.76 Å². The number of benzene rings is 2. The summed E-state index contributed by atoms with van der Waals surface area (Å²) in [5, 5.41) is 11.3. The van der Waals surface area contributed by atoms with Crippen molar-refractivity contribution >= 4 is 17.4 Å². The first-order valence-electron chi connectivity index (χ1n) is 11.4. The fourth-order valence-corrected chi connectivity index (χ4v) is 4.34. The minimum atomic E-state index is -0.846. The first-order chi connectivity index (χ1) is 16.8. The van der Waals surface area contributed by atoms with E-state index in [2.05, 4.69) is 4.98 Å². The van der Waals surface area contributed by atoms with Crippen LogP contribution in [0, 0.1) is 5.82 Å². The van der Waals surface area contributed by atoms with Crippen LogP contribution in [0.4, 0.5) is 4.39 Å². The highest BCUT2D eigenvalue weighted by atomic mass is 19.1. The highest BCUT2D eigenvalue weighted by Gasteiger charge is 2.46. The normalized spacial score (nSPS) is 17.3. The first-order valence-corrected chi connectivity index (χ1v) is 11.4. The number of aliphatic hydroxyl groups excluding tert-OH is 1. The predicted molar refractivity (Wildman–Crippen MR) is 130 cm³/mol. The maximum absolute atomic E-state index is 13.3. The van der Waals surface area contributed by atoms with E-state index in [1.165, 1.54) is 17.0 Å². The third-order valence-electron chi connectivity index (χ3n) is 6.19. The van der Waals surface area contributed by atoms with Crippen molar-refractivity contribution in [3.63, 3.8) is 0 Å². The lowest BCUT2D eigenvalue weighted by Gasteiger charge is -2.24. The molecule has 180 valence electrons. The fraction of sp³-hybridized carbons (Fsp3) is 0.250. The summed E-state index contributed by atoms with van der Waals surface area (Å²) in [5.74, 6) is -1.28. The molecule has 1 aliphatic heterocycles. The van der Waals surface area contributed by atoms with Gasteiger partial charge in [-0.25, -0.2) is 4.39 Å². The van der Waals surface area contributed by atoms with Gasteiger partial charge >= 0.3 is 0 Å². The number of aliphatic hydroxyl groups is 1. The number of rotatable bonds is 7. The van der Waals surface area contributed by atoms with Crippen LogP contribution >= 0.6 is 0 Å². The molecule has 1 aliphatic rings. The van der Waals surface area contributed by atoms with E-state index in [9.17, 15) is 19.1 Å². The summed E-state index contributed by atoms with van der Waals surface area (Å²) in [6.07, 6.45) is 2.00. The monoisotopic (exact) mass is 474 g/mol.